The van der Waals surface area contributed by atoms with Crippen molar-refractivity contribution in [3.05, 3.63) is 12.2 Å². The highest BCUT2D eigenvalue weighted by Gasteiger charge is 2.60. The molecule has 0 spiro atoms. The van der Waals surface area contributed by atoms with Gasteiger partial charge in [-0.3, -0.25) is 14.5 Å². The number of ether oxygens (including phenoxy) is 1. The molecule has 3 aliphatic rings. The van der Waals surface area contributed by atoms with Crippen LogP contribution in [-0.4, -0.2) is 40.8 Å². The number of likely N-dealkylation sites (tertiary alicyclic amines) is 1. The van der Waals surface area contributed by atoms with Gasteiger partial charge < -0.3 is 4.74 Å². The first-order chi connectivity index (χ1) is 9.24. The van der Waals surface area contributed by atoms with Gasteiger partial charge in [0, 0.05) is 11.9 Å². The number of rotatable bonds is 6. The van der Waals surface area contributed by atoms with Crippen molar-refractivity contribution >= 4 is 27.7 Å². The molecule has 2 unspecified atom stereocenters. The third kappa shape index (κ3) is 2.17. The van der Waals surface area contributed by atoms with E-state index in [9.17, 15) is 9.59 Å². The van der Waals surface area contributed by atoms with Crippen LogP contribution in [0.1, 0.15) is 25.7 Å². The topological polar surface area (TPSA) is 46.6 Å². The average molecular weight is 328 g/mol. The third-order valence-corrected chi connectivity index (χ3v) is 4.83. The van der Waals surface area contributed by atoms with Gasteiger partial charge in [0.25, 0.3) is 0 Å². The number of carbonyl (C=O) groups excluding carboxylic acids is 2. The van der Waals surface area contributed by atoms with Crippen LogP contribution in [0.25, 0.3) is 0 Å². The largest absolute Gasteiger partial charge is 0.365 e. The second-order valence-electron chi connectivity index (χ2n) is 5.43. The Bertz CT molecular complexity index is 393. The number of amides is 2. The Balaban J connectivity index is 1.57. The summed E-state index contributed by atoms with van der Waals surface area (Å²) in [5, 5.41) is 1.02. The first-order valence-corrected chi connectivity index (χ1v) is 8.11. The summed E-state index contributed by atoms with van der Waals surface area (Å²) in [5.74, 6) is -0.533. The molecule has 3 heterocycles. The van der Waals surface area contributed by atoms with Crippen molar-refractivity contribution in [1.82, 2.24) is 4.90 Å². The van der Waals surface area contributed by atoms with Crippen molar-refractivity contribution in [3.63, 3.8) is 0 Å². The first kappa shape index (κ1) is 13.3. The second-order valence-corrected chi connectivity index (χ2v) is 6.23. The summed E-state index contributed by atoms with van der Waals surface area (Å²) in [5.41, 5.74) is 0. The molecule has 19 heavy (non-hydrogen) atoms. The lowest BCUT2D eigenvalue weighted by Gasteiger charge is -2.17. The molecule has 2 bridgehead atoms. The number of fused-ring (bicyclic) bond motifs is 5. The number of nitrogens with zero attached hydrogens (tertiary/aromatic N) is 1. The lowest BCUT2D eigenvalue weighted by molar-refractivity contribution is -0.142. The number of imide groups is 1. The van der Waals surface area contributed by atoms with Crippen molar-refractivity contribution in [2.24, 2.45) is 11.8 Å². The Morgan fingerprint density at radius 1 is 1.00 bits per heavy atom. The lowest BCUT2D eigenvalue weighted by atomic mass is 9.85. The molecule has 2 saturated heterocycles. The van der Waals surface area contributed by atoms with E-state index in [-0.39, 0.29) is 35.9 Å². The van der Waals surface area contributed by atoms with Crippen molar-refractivity contribution < 1.29 is 14.3 Å². The standard InChI is InChI=1S/C14H18BrNO3/c15-7-3-1-2-4-8-16-13(17)11-9-5-6-10(19-9)12(11)14(16)18/h5-6,9-12H,1-4,7-8H2/t9?,10?,11-,12+. The Morgan fingerprint density at radius 3 is 2.16 bits per heavy atom. The molecule has 0 aromatic heterocycles. The van der Waals surface area contributed by atoms with E-state index in [0.717, 1.165) is 31.0 Å². The van der Waals surface area contributed by atoms with Gasteiger partial charge in [0.05, 0.1) is 24.0 Å². The Labute approximate surface area is 121 Å². The molecule has 0 saturated carbocycles. The molecule has 0 N–H and O–H groups in total. The van der Waals surface area contributed by atoms with E-state index in [4.69, 9.17) is 4.74 Å². The molecule has 4 atom stereocenters. The van der Waals surface area contributed by atoms with E-state index >= 15 is 0 Å². The van der Waals surface area contributed by atoms with Gasteiger partial charge in [0.15, 0.2) is 0 Å². The number of halogens is 1. The SMILES string of the molecule is O=C1[C@@H]2C3C=CC(O3)[C@@H]2C(=O)N1CCCCCCBr. The monoisotopic (exact) mass is 327 g/mol. The van der Waals surface area contributed by atoms with Gasteiger partial charge in [-0.2, -0.15) is 0 Å². The van der Waals surface area contributed by atoms with E-state index in [1.165, 1.54) is 4.90 Å². The van der Waals surface area contributed by atoms with Gasteiger partial charge in [-0.1, -0.05) is 40.9 Å². The molecule has 2 amide bonds. The molecule has 104 valence electrons. The van der Waals surface area contributed by atoms with E-state index in [0.29, 0.717) is 6.54 Å². The van der Waals surface area contributed by atoms with Crippen LogP contribution in [0.5, 0.6) is 0 Å². The smallest absolute Gasteiger partial charge is 0.236 e. The van der Waals surface area contributed by atoms with Crippen LogP contribution in [0.4, 0.5) is 0 Å². The highest BCUT2D eigenvalue weighted by Crippen LogP contribution is 2.45. The maximum atomic E-state index is 12.3. The summed E-state index contributed by atoms with van der Waals surface area (Å²) in [6, 6.07) is 0. The fourth-order valence-corrected chi connectivity index (χ4v) is 3.70. The van der Waals surface area contributed by atoms with E-state index in [1.807, 2.05) is 12.2 Å². The number of hydrogen-bond acceptors (Lipinski definition) is 3. The zero-order valence-electron chi connectivity index (χ0n) is 10.8. The quantitative estimate of drug-likeness (QED) is 0.324. The highest BCUT2D eigenvalue weighted by molar-refractivity contribution is 9.09. The number of carbonyl (C=O) groups is 2. The molecule has 4 nitrogen and oxygen atoms in total. The predicted molar refractivity (Wildman–Crippen MR) is 73.8 cm³/mol. The summed E-state index contributed by atoms with van der Waals surface area (Å²) in [7, 11) is 0. The third-order valence-electron chi connectivity index (χ3n) is 4.27. The number of alkyl halides is 1. The maximum absolute atomic E-state index is 12.3. The van der Waals surface area contributed by atoms with E-state index < -0.39 is 0 Å². The molecule has 3 aliphatic heterocycles. The van der Waals surface area contributed by atoms with Gasteiger partial charge in [-0.25, -0.2) is 0 Å². The van der Waals surface area contributed by atoms with Crippen molar-refractivity contribution in [1.29, 1.82) is 0 Å². The van der Waals surface area contributed by atoms with Gasteiger partial charge >= 0.3 is 0 Å². The summed E-state index contributed by atoms with van der Waals surface area (Å²) < 4.78 is 5.60. The number of unbranched alkanes of at least 4 members (excludes halogenated alkanes) is 3. The van der Waals surface area contributed by atoms with Crippen molar-refractivity contribution in [3.8, 4) is 0 Å². The highest BCUT2D eigenvalue weighted by atomic mass is 79.9. The van der Waals surface area contributed by atoms with E-state index in [2.05, 4.69) is 15.9 Å². The minimum absolute atomic E-state index is 0.0210. The number of hydrogen-bond donors (Lipinski definition) is 0. The molecule has 5 heteroatoms. The van der Waals surface area contributed by atoms with Crippen molar-refractivity contribution in [2.75, 3.05) is 11.9 Å². The lowest BCUT2D eigenvalue weighted by Crippen LogP contribution is -2.35. The van der Waals surface area contributed by atoms with Crippen LogP contribution in [-0.2, 0) is 14.3 Å². The molecular formula is C14H18BrNO3. The van der Waals surface area contributed by atoms with Crippen LogP contribution in [0.2, 0.25) is 0 Å². The van der Waals surface area contributed by atoms with Crippen LogP contribution < -0.4 is 0 Å². The zero-order chi connectivity index (χ0) is 13.4. The second kappa shape index (κ2) is 5.37. The van der Waals surface area contributed by atoms with E-state index in [1.54, 1.807) is 0 Å². The fraction of sp³-hybridized carbons (Fsp3) is 0.714. The minimum Gasteiger partial charge on any atom is -0.365 e. The molecule has 0 aliphatic carbocycles. The Kier molecular flexibility index (Phi) is 3.76. The summed E-state index contributed by atoms with van der Waals surface area (Å²) >= 11 is 3.40. The van der Waals surface area contributed by atoms with Crippen molar-refractivity contribution in [2.45, 2.75) is 37.9 Å². The summed E-state index contributed by atoms with van der Waals surface area (Å²) in [4.78, 5) is 26.1. The fourth-order valence-electron chi connectivity index (χ4n) is 3.30. The zero-order valence-corrected chi connectivity index (χ0v) is 12.3. The first-order valence-electron chi connectivity index (χ1n) is 6.99. The molecule has 2 fully saturated rings. The summed E-state index contributed by atoms with van der Waals surface area (Å²) in [6.07, 6.45) is 7.80. The van der Waals surface area contributed by atoms with Crippen LogP contribution in [0.3, 0.4) is 0 Å². The average Bonchev–Trinajstić information content (AvgIpc) is 3.06. The summed E-state index contributed by atoms with van der Waals surface area (Å²) in [6.45, 7) is 0.576. The van der Waals surface area contributed by atoms with Crippen LogP contribution >= 0.6 is 15.9 Å². The Hall–Kier alpha value is -0.680. The molecule has 0 radical (unpaired) electrons. The normalized spacial score (nSPS) is 35.5. The Morgan fingerprint density at radius 2 is 1.58 bits per heavy atom. The predicted octanol–water partition coefficient (Wildman–Crippen LogP) is 1.88. The molecular weight excluding hydrogens is 310 g/mol. The molecule has 3 rings (SSSR count). The minimum atomic E-state index is -0.245. The van der Waals surface area contributed by atoms with Gasteiger partial charge in [0.1, 0.15) is 0 Å². The van der Waals surface area contributed by atoms with Crippen LogP contribution in [0.15, 0.2) is 12.2 Å². The molecule has 0 aromatic carbocycles. The van der Waals surface area contributed by atoms with Crippen LogP contribution in [0, 0.1) is 11.8 Å². The van der Waals surface area contributed by atoms with Gasteiger partial charge in [-0.05, 0) is 12.8 Å². The van der Waals surface area contributed by atoms with Gasteiger partial charge in [0.2, 0.25) is 11.8 Å². The molecule has 0 aromatic rings. The maximum Gasteiger partial charge on any atom is 0.236 e. The van der Waals surface area contributed by atoms with Gasteiger partial charge in [-0.15, -0.1) is 0 Å².